The first kappa shape index (κ1) is 12.6. The Kier molecular flexibility index (Phi) is 3.82. The highest BCUT2D eigenvalue weighted by Gasteiger charge is 2.41. The van der Waals surface area contributed by atoms with E-state index >= 15 is 0 Å². The van der Waals surface area contributed by atoms with Crippen LogP contribution in [-0.4, -0.2) is 22.8 Å². The average Bonchev–Trinajstić information content (AvgIpc) is 3.07. The number of amides is 1. The summed E-state index contributed by atoms with van der Waals surface area (Å²) in [6.07, 6.45) is 6.96. The van der Waals surface area contributed by atoms with Gasteiger partial charge in [-0.3, -0.25) is 9.78 Å². The van der Waals surface area contributed by atoms with Gasteiger partial charge in [-0.25, -0.2) is 0 Å². The summed E-state index contributed by atoms with van der Waals surface area (Å²) in [5, 5.41) is 4.02. The van der Waals surface area contributed by atoms with Crippen LogP contribution in [0.1, 0.15) is 35.2 Å². The Balaban J connectivity index is 1.90. The van der Waals surface area contributed by atoms with Gasteiger partial charge in [-0.2, -0.15) is 0 Å². The smallest absolute Gasteiger partial charge is 0.252 e. The standard InChI is InChI=1S/C13H17BrN2O/c1-10-6-11(8-15-7-10)12(17)16-9-13(2-3-13)4-5-14/h6-8H,2-5,9H2,1H3,(H,16,17). The van der Waals surface area contributed by atoms with E-state index in [0.29, 0.717) is 11.0 Å². The Morgan fingerprint density at radius 1 is 1.53 bits per heavy atom. The monoisotopic (exact) mass is 296 g/mol. The van der Waals surface area contributed by atoms with Gasteiger partial charge in [-0.05, 0) is 43.2 Å². The largest absolute Gasteiger partial charge is 0.351 e. The van der Waals surface area contributed by atoms with Crippen molar-refractivity contribution in [2.75, 3.05) is 11.9 Å². The predicted molar refractivity (Wildman–Crippen MR) is 71.4 cm³/mol. The average molecular weight is 297 g/mol. The minimum Gasteiger partial charge on any atom is -0.351 e. The first-order valence-corrected chi connectivity index (χ1v) is 7.03. The summed E-state index contributed by atoms with van der Waals surface area (Å²) in [6, 6.07) is 1.87. The van der Waals surface area contributed by atoms with E-state index in [9.17, 15) is 4.79 Å². The molecule has 0 radical (unpaired) electrons. The van der Waals surface area contributed by atoms with Crippen LogP contribution in [0.5, 0.6) is 0 Å². The third-order valence-corrected chi connectivity index (χ3v) is 3.74. The second kappa shape index (κ2) is 5.17. The molecule has 0 spiro atoms. The molecule has 1 amide bonds. The van der Waals surface area contributed by atoms with Crippen LogP contribution in [0.25, 0.3) is 0 Å². The first-order valence-electron chi connectivity index (χ1n) is 5.91. The van der Waals surface area contributed by atoms with Crippen LogP contribution >= 0.6 is 15.9 Å². The topological polar surface area (TPSA) is 42.0 Å². The molecule has 1 fully saturated rings. The van der Waals surface area contributed by atoms with E-state index in [1.54, 1.807) is 12.4 Å². The molecule has 0 aromatic carbocycles. The minimum absolute atomic E-state index is 0.0120. The molecule has 4 heteroatoms. The lowest BCUT2D eigenvalue weighted by atomic mass is 10.0. The predicted octanol–water partition coefficient (Wildman–Crippen LogP) is 2.69. The van der Waals surface area contributed by atoms with Gasteiger partial charge in [0.05, 0.1) is 5.56 Å². The van der Waals surface area contributed by atoms with Crippen LogP contribution < -0.4 is 5.32 Å². The van der Waals surface area contributed by atoms with Crippen molar-refractivity contribution in [3.05, 3.63) is 29.6 Å². The maximum atomic E-state index is 11.9. The summed E-state index contributed by atoms with van der Waals surface area (Å²) < 4.78 is 0. The van der Waals surface area contributed by atoms with Crippen LogP contribution in [0.3, 0.4) is 0 Å². The van der Waals surface area contributed by atoms with E-state index in [1.807, 2.05) is 13.0 Å². The highest BCUT2D eigenvalue weighted by atomic mass is 79.9. The maximum Gasteiger partial charge on any atom is 0.252 e. The Hall–Kier alpha value is -0.900. The molecule has 17 heavy (non-hydrogen) atoms. The molecule has 1 saturated carbocycles. The quantitative estimate of drug-likeness (QED) is 0.849. The number of halogens is 1. The van der Waals surface area contributed by atoms with Crippen molar-refractivity contribution in [3.63, 3.8) is 0 Å². The molecule has 2 rings (SSSR count). The van der Waals surface area contributed by atoms with Gasteiger partial charge in [-0.1, -0.05) is 15.9 Å². The highest BCUT2D eigenvalue weighted by Crippen LogP contribution is 2.48. The minimum atomic E-state index is -0.0120. The lowest BCUT2D eigenvalue weighted by Crippen LogP contribution is -2.30. The first-order chi connectivity index (χ1) is 8.15. The Bertz CT molecular complexity index is 416. The molecular weight excluding hydrogens is 280 g/mol. The molecule has 3 nitrogen and oxygen atoms in total. The van der Waals surface area contributed by atoms with Crippen LogP contribution in [0.15, 0.2) is 18.5 Å². The van der Waals surface area contributed by atoms with E-state index < -0.39 is 0 Å². The van der Waals surface area contributed by atoms with E-state index in [4.69, 9.17) is 0 Å². The molecule has 0 aliphatic heterocycles. The number of aryl methyl sites for hydroxylation is 1. The van der Waals surface area contributed by atoms with Crippen LogP contribution in [0.2, 0.25) is 0 Å². The fourth-order valence-corrected chi connectivity index (χ4v) is 2.78. The number of carbonyl (C=O) groups excluding carboxylic acids is 1. The van der Waals surface area contributed by atoms with Crippen LogP contribution in [-0.2, 0) is 0 Å². The van der Waals surface area contributed by atoms with Crippen molar-refractivity contribution in [2.45, 2.75) is 26.2 Å². The summed E-state index contributed by atoms with van der Waals surface area (Å²) in [7, 11) is 0. The molecule has 0 bridgehead atoms. The lowest BCUT2D eigenvalue weighted by molar-refractivity contribution is 0.0944. The summed E-state index contributed by atoms with van der Waals surface area (Å²) in [5.74, 6) is -0.0120. The molecule has 1 heterocycles. The molecule has 1 aromatic rings. The van der Waals surface area contributed by atoms with E-state index in [0.717, 1.165) is 23.9 Å². The molecule has 92 valence electrons. The molecule has 0 unspecified atom stereocenters. The lowest BCUT2D eigenvalue weighted by Gasteiger charge is -2.14. The van der Waals surface area contributed by atoms with Gasteiger partial charge in [0.15, 0.2) is 0 Å². The van der Waals surface area contributed by atoms with Crippen LogP contribution in [0.4, 0.5) is 0 Å². The number of aromatic nitrogens is 1. The van der Waals surface area contributed by atoms with Crippen molar-refractivity contribution in [1.29, 1.82) is 0 Å². The summed E-state index contributed by atoms with van der Waals surface area (Å²) in [6.45, 7) is 2.72. The van der Waals surface area contributed by atoms with Crippen molar-refractivity contribution >= 4 is 21.8 Å². The third-order valence-electron chi connectivity index (χ3n) is 3.34. The fourth-order valence-electron chi connectivity index (χ4n) is 1.94. The molecule has 0 saturated heterocycles. The van der Waals surface area contributed by atoms with Gasteiger partial charge in [0.2, 0.25) is 0 Å². The number of rotatable bonds is 5. The van der Waals surface area contributed by atoms with Gasteiger partial charge in [0, 0.05) is 24.3 Å². The molecule has 1 N–H and O–H groups in total. The van der Waals surface area contributed by atoms with E-state index in [-0.39, 0.29) is 5.91 Å². The van der Waals surface area contributed by atoms with Gasteiger partial charge in [-0.15, -0.1) is 0 Å². The summed E-state index contributed by atoms with van der Waals surface area (Å²) >= 11 is 3.46. The number of alkyl halides is 1. The SMILES string of the molecule is Cc1cncc(C(=O)NCC2(CCBr)CC2)c1. The van der Waals surface area contributed by atoms with Gasteiger partial charge < -0.3 is 5.32 Å². The van der Waals surface area contributed by atoms with Crippen molar-refractivity contribution in [2.24, 2.45) is 5.41 Å². The van der Waals surface area contributed by atoms with E-state index in [1.165, 1.54) is 12.8 Å². The van der Waals surface area contributed by atoms with Crippen molar-refractivity contribution < 1.29 is 4.79 Å². The summed E-state index contributed by atoms with van der Waals surface area (Å²) in [5.41, 5.74) is 2.02. The zero-order valence-corrected chi connectivity index (χ0v) is 11.6. The third kappa shape index (κ3) is 3.28. The zero-order chi connectivity index (χ0) is 12.3. The second-order valence-electron chi connectivity index (χ2n) is 4.87. The van der Waals surface area contributed by atoms with Crippen molar-refractivity contribution in [1.82, 2.24) is 10.3 Å². The second-order valence-corrected chi connectivity index (χ2v) is 5.67. The normalized spacial score (nSPS) is 16.6. The van der Waals surface area contributed by atoms with Gasteiger partial charge >= 0.3 is 0 Å². The van der Waals surface area contributed by atoms with Gasteiger partial charge in [0.25, 0.3) is 5.91 Å². The van der Waals surface area contributed by atoms with E-state index in [2.05, 4.69) is 26.2 Å². The van der Waals surface area contributed by atoms with Crippen molar-refractivity contribution in [3.8, 4) is 0 Å². The maximum absolute atomic E-state index is 11.9. The number of nitrogens with one attached hydrogen (secondary N) is 1. The fraction of sp³-hybridized carbons (Fsp3) is 0.538. The number of carbonyl (C=O) groups is 1. The zero-order valence-electron chi connectivity index (χ0n) is 10.0. The molecular formula is C13H17BrN2O. The number of pyridine rings is 1. The molecule has 1 aliphatic carbocycles. The number of nitrogens with zero attached hydrogens (tertiary/aromatic N) is 1. The number of hydrogen-bond donors (Lipinski definition) is 1. The Morgan fingerprint density at radius 3 is 2.88 bits per heavy atom. The molecule has 1 aromatic heterocycles. The highest BCUT2D eigenvalue weighted by molar-refractivity contribution is 9.09. The molecule has 1 aliphatic rings. The van der Waals surface area contributed by atoms with Gasteiger partial charge in [0.1, 0.15) is 0 Å². The Labute approximate surface area is 110 Å². The Morgan fingerprint density at radius 2 is 2.29 bits per heavy atom. The summed E-state index contributed by atoms with van der Waals surface area (Å²) in [4.78, 5) is 15.9. The van der Waals surface area contributed by atoms with Crippen LogP contribution in [0, 0.1) is 12.3 Å². The number of hydrogen-bond acceptors (Lipinski definition) is 2. The molecule has 0 atom stereocenters.